The third-order valence-corrected chi connectivity index (χ3v) is 6.24. The Morgan fingerprint density at radius 2 is 1.76 bits per heavy atom. The van der Waals surface area contributed by atoms with Crippen molar-refractivity contribution in [3.05, 3.63) is 83.0 Å². The van der Waals surface area contributed by atoms with Crippen LogP contribution in [0.3, 0.4) is 0 Å². The number of carbonyl (C=O) groups is 2. The van der Waals surface area contributed by atoms with E-state index in [0.29, 0.717) is 25.4 Å². The molecule has 2 N–H and O–H groups in total. The average molecular weight is 521 g/mol. The molecule has 2 aromatic carbocycles. The largest absolute Gasteiger partial charge is 0.478 e. The third kappa shape index (κ3) is 11.3. The van der Waals surface area contributed by atoms with E-state index in [1.807, 2.05) is 30.3 Å². The molecule has 0 spiro atoms. The molecule has 6 nitrogen and oxygen atoms in total. The summed E-state index contributed by atoms with van der Waals surface area (Å²) in [5.41, 5.74) is 4.88. The number of nitrogens with one attached hydrogen (secondary N) is 1. The summed E-state index contributed by atoms with van der Waals surface area (Å²) in [6.07, 6.45) is 10.3. The number of benzene rings is 2. The van der Waals surface area contributed by atoms with E-state index in [-0.39, 0.29) is 18.1 Å². The van der Waals surface area contributed by atoms with Crippen molar-refractivity contribution in [2.75, 3.05) is 29.9 Å². The number of nitrogens with zero attached hydrogens (tertiary/aromatic N) is 1. The lowest BCUT2D eigenvalue weighted by Crippen LogP contribution is -2.36. The number of unbranched alkanes of at least 4 members (excludes halogenated alkanes) is 3. The third-order valence-electron chi connectivity index (χ3n) is 6.24. The number of carboxylic acids is 1. The van der Waals surface area contributed by atoms with Crippen molar-refractivity contribution in [1.82, 2.24) is 0 Å². The van der Waals surface area contributed by atoms with Gasteiger partial charge in [0, 0.05) is 18.8 Å². The standard InChI is InChI=1S/C32H44N2O4/c1-5-6-7-11-21-34(31(35)24-38-23-27-15-9-8-10-16-27)30-22-28(17-18-29(30)32(36)37)33-20-19-26(4)14-12-13-25(2)3/h8-10,13,15-19,22,33H,5-7,11-12,14,20-21,23-24H2,1-4H3,(H,36,37). The number of ether oxygens (including phenoxy) is 1. The maximum absolute atomic E-state index is 13.3. The second-order valence-corrected chi connectivity index (χ2v) is 9.87. The van der Waals surface area contributed by atoms with Gasteiger partial charge in [-0.05, 0) is 63.8 Å². The van der Waals surface area contributed by atoms with Gasteiger partial charge in [0.15, 0.2) is 0 Å². The summed E-state index contributed by atoms with van der Waals surface area (Å²) in [4.78, 5) is 27.0. The first-order valence-corrected chi connectivity index (χ1v) is 13.6. The fraction of sp³-hybridized carbons (Fsp3) is 0.438. The van der Waals surface area contributed by atoms with Gasteiger partial charge in [0.1, 0.15) is 6.61 Å². The van der Waals surface area contributed by atoms with Gasteiger partial charge in [-0.1, -0.05) is 79.8 Å². The lowest BCUT2D eigenvalue weighted by atomic mass is 10.1. The molecule has 1 amide bonds. The fourth-order valence-corrected chi connectivity index (χ4v) is 4.06. The molecule has 0 radical (unpaired) electrons. The van der Waals surface area contributed by atoms with E-state index in [0.717, 1.165) is 49.8 Å². The van der Waals surface area contributed by atoms with Gasteiger partial charge in [-0.15, -0.1) is 0 Å². The summed E-state index contributed by atoms with van der Waals surface area (Å²) in [6, 6.07) is 14.8. The fourth-order valence-electron chi connectivity index (χ4n) is 4.06. The highest BCUT2D eigenvalue weighted by Gasteiger charge is 2.22. The van der Waals surface area contributed by atoms with Crippen molar-refractivity contribution in [1.29, 1.82) is 0 Å². The Bertz CT molecular complexity index is 1070. The van der Waals surface area contributed by atoms with Gasteiger partial charge < -0.3 is 20.1 Å². The molecule has 0 aliphatic carbocycles. The Morgan fingerprint density at radius 1 is 1.00 bits per heavy atom. The van der Waals surface area contributed by atoms with Gasteiger partial charge in [-0.25, -0.2) is 4.79 Å². The van der Waals surface area contributed by atoms with Crippen LogP contribution in [0.4, 0.5) is 11.4 Å². The van der Waals surface area contributed by atoms with Crippen molar-refractivity contribution < 1.29 is 19.4 Å². The van der Waals surface area contributed by atoms with Crippen LogP contribution in [0.1, 0.15) is 82.1 Å². The zero-order valence-electron chi connectivity index (χ0n) is 23.5. The van der Waals surface area contributed by atoms with E-state index in [4.69, 9.17) is 4.74 Å². The van der Waals surface area contributed by atoms with Gasteiger partial charge in [0.25, 0.3) is 5.91 Å². The molecular weight excluding hydrogens is 476 g/mol. The Hall–Kier alpha value is -3.38. The van der Waals surface area contributed by atoms with Crippen LogP contribution in [0.25, 0.3) is 0 Å². The molecule has 6 heteroatoms. The molecule has 0 bridgehead atoms. The lowest BCUT2D eigenvalue weighted by molar-refractivity contribution is -0.123. The number of hydrogen-bond acceptors (Lipinski definition) is 4. The highest BCUT2D eigenvalue weighted by Crippen LogP contribution is 2.26. The highest BCUT2D eigenvalue weighted by atomic mass is 16.5. The summed E-state index contributed by atoms with van der Waals surface area (Å²) >= 11 is 0. The number of amides is 1. The highest BCUT2D eigenvalue weighted by molar-refractivity contribution is 6.03. The zero-order valence-corrected chi connectivity index (χ0v) is 23.5. The van der Waals surface area contributed by atoms with E-state index in [1.54, 1.807) is 23.1 Å². The zero-order chi connectivity index (χ0) is 27.8. The van der Waals surface area contributed by atoms with E-state index in [1.165, 1.54) is 11.1 Å². The average Bonchev–Trinajstić information content (AvgIpc) is 2.89. The molecule has 0 saturated heterocycles. The molecule has 0 unspecified atom stereocenters. The topological polar surface area (TPSA) is 78.9 Å². The molecule has 0 aliphatic rings. The predicted molar refractivity (Wildman–Crippen MR) is 157 cm³/mol. The Balaban J connectivity index is 2.17. The smallest absolute Gasteiger partial charge is 0.337 e. The number of carboxylic acid groups (broad SMARTS) is 1. The number of rotatable bonds is 17. The molecule has 38 heavy (non-hydrogen) atoms. The molecule has 0 saturated carbocycles. The van der Waals surface area contributed by atoms with E-state index >= 15 is 0 Å². The van der Waals surface area contributed by atoms with Gasteiger partial charge >= 0.3 is 5.97 Å². The van der Waals surface area contributed by atoms with Gasteiger partial charge in [0.2, 0.25) is 0 Å². The van der Waals surface area contributed by atoms with Gasteiger partial charge in [0.05, 0.1) is 17.9 Å². The molecule has 0 fully saturated rings. The van der Waals surface area contributed by atoms with Crippen molar-refractivity contribution in [3.8, 4) is 0 Å². The molecule has 2 rings (SSSR count). The van der Waals surface area contributed by atoms with Crippen molar-refractivity contribution in [2.24, 2.45) is 0 Å². The molecular formula is C32H44N2O4. The molecule has 0 aromatic heterocycles. The minimum atomic E-state index is -1.06. The second-order valence-electron chi connectivity index (χ2n) is 9.87. The van der Waals surface area contributed by atoms with E-state index < -0.39 is 5.97 Å². The number of carbonyl (C=O) groups excluding carboxylic acids is 1. The van der Waals surface area contributed by atoms with Gasteiger partial charge in [-0.2, -0.15) is 0 Å². The molecule has 0 aliphatic heterocycles. The van der Waals surface area contributed by atoms with Gasteiger partial charge in [-0.3, -0.25) is 4.79 Å². The first-order chi connectivity index (χ1) is 18.3. The van der Waals surface area contributed by atoms with Crippen LogP contribution in [-0.4, -0.2) is 36.7 Å². The molecule has 0 heterocycles. The quantitative estimate of drug-likeness (QED) is 0.166. The van der Waals surface area contributed by atoms with E-state index in [2.05, 4.69) is 45.2 Å². The monoisotopic (exact) mass is 520 g/mol. The summed E-state index contributed by atoms with van der Waals surface area (Å²) < 4.78 is 5.71. The number of allylic oxidation sites excluding steroid dienone is 3. The van der Waals surface area contributed by atoms with Crippen LogP contribution in [-0.2, 0) is 16.1 Å². The Morgan fingerprint density at radius 3 is 2.45 bits per heavy atom. The first kappa shape index (κ1) is 30.8. The summed E-state index contributed by atoms with van der Waals surface area (Å²) in [6.45, 7) is 9.73. The van der Waals surface area contributed by atoms with E-state index in [9.17, 15) is 14.7 Å². The van der Waals surface area contributed by atoms with Crippen molar-refractivity contribution >= 4 is 23.3 Å². The molecule has 2 aromatic rings. The molecule has 206 valence electrons. The Labute approximate surface area is 228 Å². The van der Waals surface area contributed by atoms with Crippen molar-refractivity contribution in [3.63, 3.8) is 0 Å². The van der Waals surface area contributed by atoms with Crippen LogP contribution < -0.4 is 10.2 Å². The van der Waals surface area contributed by atoms with Crippen LogP contribution in [0.15, 0.2) is 71.8 Å². The minimum Gasteiger partial charge on any atom is -0.478 e. The lowest BCUT2D eigenvalue weighted by Gasteiger charge is -2.25. The summed E-state index contributed by atoms with van der Waals surface area (Å²) in [5, 5.41) is 13.3. The molecule has 0 atom stereocenters. The maximum atomic E-state index is 13.3. The number of anilines is 2. The second kappa shape index (κ2) is 17.2. The first-order valence-electron chi connectivity index (χ1n) is 13.6. The van der Waals surface area contributed by atoms with Crippen LogP contribution in [0, 0.1) is 0 Å². The Kier molecular flexibility index (Phi) is 14.0. The number of aromatic carboxylic acids is 1. The predicted octanol–water partition coefficient (Wildman–Crippen LogP) is 7.62. The van der Waals surface area contributed by atoms with Crippen molar-refractivity contribution in [2.45, 2.75) is 72.8 Å². The van der Waals surface area contributed by atoms with Crippen LogP contribution in [0.5, 0.6) is 0 Å². The maximum Gasteiger partial charge on any atom is 0.337 e. The van der Waals surface area contributed by atoms with Crippen LogP contribution >= 0.6 is 0 Å². The number of hydrogen-bond donors (Lipinski definition) is 2. The SMILES string of the molecule is CCCCCCN(C(=O)COCc1ccccc1)c1cc(NCC=C(C)CCC=C(C)C)ccc1C(=O)O. The van der Waals surface area contributed by atoms with Crippen LogP contribution in [0.2, 0.25) is 0 Å². The normalized spacial score (nSPS) is 11.2. The summed E-state index contributed by atoms with van der Waals surface area (Å²) in [7, 11) is 0. The minimum absolute atomic E-state index is 0.107. The summed E-state index contributed by atoms with van der Waals surface area (Å²) in [5.74, 6) is -1.30.